The highest BCUT2D eigenvalue weighted by Gasteiger charge is 2.24. The number of carbonyl (C=O) groups excluding carboxylic acids is 1. The number of rotatable bonds is 3. The highest BCUT2D eigenvalue weighted by atomic mass is 35.5. The molecule has 2 fully saturated rings. The van der Waals surface area contributed by atoms with Crippen molar-refractivity contribution in [3.8, 4) is 0 Å². The molecular weight excluding hydrogens is 314 g/mol. The van der Waals surface area contributed by atoms with Crippen LogP contribution in [-0.4, -0.2) is 40.0 Å². The van der Waals surface area contributed by atoms with Crippen LogP contribution in [0, 0.1) is 6.92 Å². The molecule has 1 aliphatic carbocycles. The summed E-state index contributed by atoms with van der Waals surface area (Å²) in [6.07, 6.45) is 9.29. The lowest BCUT2D eigenvalue weighted by molar-refractivity contribution is 0.0927. The van der Waals surface area contributed by atoms with E-state index in [9.17, 15) is 4.79 Å². The second-order valence-corrected chi connectivity index (χ2v) is 6.61. The van der Waals surface area contributed by atoms with Crippen molar-refractivity contribution in [3.05, 3.63) is 11.4 Å². The van der Waals surface area contributed by atoms with Crippen LogP contribution in [0.15, 0.2) is 0 Å². The van der Waals surface area contributed by atoms with Crippen LogP contribution < -0.4 is 10.6 Å². The molecule has 130 valence electrons. The second kappa shape index (κ2) is 8.64. The van der Waals surface area contributed by atoms with E-state index in [1.807, 2.05) is 11.6 Å². The van der Waals surface area contributed by atoms with E-state index in [1.165, 1.54) is 25.7 Å². The van der Waals surface area contributed by atoms with Crippen LogP contribution in [-0.2, 0) is 0 Å². The zero-order valence-electron chi connectivity index (χ0n) is 13.9. The third kappa shape index (κ3) is 4.44. The Morgan fingerprint density at radius 2 is 1.78 bits per heavy atom. The van der Waals surface area contributed by atoms with Gasteiger partial charge in [0.05, 0.1) is 11.7 Å². The topological polar surface area (TPSA) is 71.8 Å². The fraction of sp³-hybridized carbons (Fsp3) is 0.812. The molecule has 1 aromatic rings. The van der Waals surface area contributed by atoms with Crippen molar-refractivity contribution >= 4 is 18.3 Å². The van der Waals surface area contributed by atoms with E-state index in [1.54, 1.807) is 0 Å². The number of aromatic nitrogens is 3. The molecule has 7 heteroatoms. The van der Waals surface area contributed by atoms with Gasteiger partial charge in [-0.15, -0.1) is 17.5 Å². The van der Waals surface area contributed by atoms with Crippen molar-refractivity contribution in [2.45, 2.75) is 70.4 Å². The third-order valence-corrected chi connectivity index (χ3v) is 4.99. The van der Waals surface area contributed by atoms with Gasteiger partial charge in [0.1, 0.15) is 0 Å². The van der Waals surface area contributed by atoms with Crippen LogP contribution in [0.4, 0.5) is 0 Å². The minimum Gasteiger partial charge on any atom is -0.348 e. The molecule has 1 amide bonds. The fourth-order valence-corrected chi connectivity index (χ4v) is 3.63. The maximum absolute atomic E-state index is 12.5. The van der Waals surface area contributed by atoms with E-state index in [4.69, 9.17) is 0 Å². The van der Waals surface area contributed by atoms with Crippen molar-refractivity contribution in [1.29, 1.82) is 0 Å². The molecule has 0 atom stereocenters. The van der Waals surface area contributed by atoms with Crippen LogP contribution in [0.1, 0.15) is 73.6 Å². The van der Waals surface area contributed by atoms with Gasteiger partial charge in [0.25, 0.3) is 5.91 Å². The lowest BCUT2D eigenvalue weighted by atomic mass is 10.1. The van der Waals surface area contributed by atoms with Crippen LogP contribution in [0.5, 0.6) is 0 Å². The minimum atomic E-state index is -0.0513. The average molecular weight is 342 g/mol. The van der Waals surface area contributed by atoms with Gasteiger partial charge in [-0.05, 0) is 45.7 Å². The summed E-state index contributed by atoms with van der Waals surface area (Å²) in [6.45, 7) is 3.98. The number of nitrogens with one attached hydrogen (secondary N) is 2. The van der Waals surface area contributed by atoms with Crippen LogP contribution in [0.2, 0.25) is 0 Å². The van der Waals surface area contributed by atoms with Crippen molar-refractivity contribution in [1.82, 2.24) is 25.6 Å². The molecule has 0 radical (unpaired) electrons. The summed E-state index contributed by atoms with van der Waals surface area (Å²) in [5.74, 6) is -0.0513. The molecule has 1 saturated carbocycles. The summed E-state index contributed by atoms with van der Waals surface area (Å²) in [6, 6.07) is 0.673. The van der Waals surface area contributed by atoms with Crippen LogP contribution >= 0.6 is 12.4 Å². The largest absolute Gasteiger partial charge is 0.348 e. The van der Waals surface area contributed by atoms with E-state index in [-0.39, 0.29) is 18.3 Å². The van der Waals surface area contributed by atoms with Crippen molar-refractivity contribution in [3.63, 3.8) is 0 Å². The maximum atomic E-state index is 12.5. The third-order valence-electron chi connectivity index (χ3n) is 4.99. The summed E-state index contributed by atoms with van der Waals surface area (Å²) in [4.78, 5) is 12.5. The zero-order valence-corrected chi connectivity index (χ0v) is 14.7. The summed E-state index contributed by atoms with van der Waals surface area (Å²) in [5.41, 5.74) is 1.40. The molecule has 0 aromatic carbocycles. The Hall–Kier alpha value is -1.14. The highest BCUT2D eigenvalue weighted by Crippen LogP contribution is 2.21. The Morgan fingerprint density at radius 1 is 1.13 bits per heavy atom. The first-order valence-electron chi connectivity index (χ1n) is 8.69. The molecule has 3 rings (SSSR count). The monoisotopic (exact) mass is 341 g/mol. The molecule has 2 heterocycles. The molecular formula is C16H28ClN5O. The average Bonchev–Trinajstić information content (AvgIpc) is 2.75. The van der Waals surface area contributed by atoms with Gasteiger partial charge >= 0.3 is 0 Å². The number of hydrogen-bond donors (Lipinski definition) is 2. The summed E-state index contributed by atoms with van der Waals surface area (Å²) in [7, 11) is 0. The van der Waals surface area contributed by atoms with Crippen molar-refractivity contribution < 1.29 is 4.79 Å². The van der Waals surface area contributed by atoms with E-state index in [2.05, 4.69) is 20.9 Å². The number of carbonyl (C=O) groups is 1. The van der Waals surface area contributed by atoms with Crippen LogP contribution in [0.25, 0.3) is 0 Å². The molecule has 1 aliphatic heterocycles. The summed E-state index contributed by atoms with van der Waals surface area (Å²) < 4.78 is 1.95. The standard InChI is InChI=1S/C16H27N5O.ClH/c1-12-15(16(22)18-13-6-4-2-3-5-7-13)19-20-21(12)14-8-10-17-11-9-14;/h13-14,17H,2-11H2,1H3,(H,18,22);1H. The number of halogens is 1. The Kier molecular flexibility index (Phi) is 6.84. The van der Waals surface area contributed by atoms with Gasteiger partial charge in [-0.1, -0.05) is 30.9 Å². The predicted molar refractivity (Wildman–Crippen MR) is 92.1 cm³/mol. The summed E-state index contributed by atoms with van der Waals surface area (Å²) in [5, 5.41) is 14.9. The van der Waals surface area contributed by atoms with Gasteiger partial charge in [-0.2, -0.15) is 0 Å². The smallest absolute Gasteiger partial charge is 0.273 e. The van der Waals surface area contributed by atoms with Crippen LogP contribution in [0.3, 0.4) is 0 Å². The molecule has 1 saturated heterocycles. The van der Waals surface area contributed by atoms with Gasteiger partial charge < -0.3 is 10.6 Å². The van der Waals surface area contributed by atoms with E-state index in [0.29, 0.717) is 17.8 Å². The molecule has 0 bridgehead atoms. The molecule has 6 nitrogen and oxygen atoms in total. The Labute approximate surface area is 144 Å². The first kappa shape index (κ1) is 18.2. The van der Waals surface area contributed by atoms with E-state index >= 15 is 0 Å². The zero-order chi connectivity index (χ0) is 15.4. The Balaban J connectivity index is 0.00000192. The number of piperidine rings is 1. The lowest BCUT2D eigenvalue weighted by Crippen LogP contribution is -2.35. The van der Waals surface area contributed by atoms with Gasteiger partial charge in [-0.25, -0.2) is 4.68 Å². The predicted octanol–water partition coefficient (Wildman–Crippen LogP) is 2.39. The Morgan fingerprint density at radius 3 is 2.43 bits per heavy atom. The highest BCUT2D eigenvalue weighted by molar-refractivity contribution is 5.93. The molecule has 2 N–H and O–H groups in total. The van der Waals surface area contributed by atoms with E-state index in [0.717, 1.165) is 44.5 Å². The van der Waals surface area contributed by atoms with Crippen molar-refractivity contribution in [2.75, 3.05) is 13.1 Å². The normalized spacial score (nSPS) is 20.6. The number of hydrogen-bond acceptors (Lipinski definition) is 4. The molecule has 2 aliphatic rings. The Bertz CT molecular complexity index is 505. The molecule has 1 aromatic heterocycles. The number of nitrogens with zero attached hydrogens (tertiary/aromatic N) is 3. The van der Waals surface area contributed by atoms with Gasteiger partial charge in [0, 0.05) is 6.04 Å². The second-order valence-electron chi connectivity index (χ2n) is 6.61. The molecule has 0 spiro atoms. The minimum absolute atomic E-state index is 0. The van der Waals surface area contributed by atoms with Crippen molar-refractivity contribution in [2.24, 2.45) is 0 Å². The van der Waals surface area contributed by atoms with E-state index < -0.39 is 0 Å². The summed E-state index contributed by atoms with van der Waals surface area (Å²) >= 11 is 0. The van der Waals surface area contributed by atoms with Gasteiger partial charge in [0.2, 0.25) is 0 Å². The quantitative estimate of drug-likeness (QED) is 0.828. The number of amides is 1. The first-order valence-corrected chi connectivity index (χ1v) is 8.69. The fourth-order valence-electron chi connectivity index (χ4n) is 3.63. The molecule has 23 heavy (non-hydrogen) atoms. The lowest BCUT2D eigenvalue weighted by Gasteiger charge is -2.23. The first-order chi connectivity index (χ1) is 10.8. The SMILES string of the molecule is Cc1c(C(=O)NC2CCCCCC2)nnn1C1CCNCC1.Cl. The van der Waals surface area contributed by atoms with Gasteiger partial charge in [0.15, 0.2) is 5.69 Å². The molecule has 0 unspecified atom stereocenters. The van der Waals surface area contributed by atoms with Gasteiger partial charge in [-0.3, -0.25) is 4.79 Å². The maximum Gasteiger partial charge on any atom is 0.273 e.